The van der Waals surface area contributed by atoms with Crippen molar-refractivity contribution in [3.05, 3.63) is 35.4 Å². The lowest BCUT2D eigenvalue weighted by Gasteiger charge is -2.40. The molecule has 12 N–H and O–H groups in total. The van der Waals surface area contributed by atoms with E-state index < -0.39 is 115 Å². The van der Waals surface area contributed by atoms with Crippen molar-refractivity contribution in [2.24, 2.45) is 0 Å². The van der Waals surface area contributed by atoms with Gasteiger partial charge < -0.3 is 80.2 Å². The van der Waals surface area contributed by atoms with Gasteiger partial charge >= 0.3 is 0 Å². The van der Waals surface area contributed by atoms with Crippen LogP contribution in [0.2, 0.25) is 0 Å². The molecule has 0 bridgehead atoms. The highest BCUT2D eigenvalue weighted by molar-refractivity contribution is 6.13. The maximum Gasteiger partial charge on any atom is 0.229 e. The van der Waals surface area contributed by atoms with Gasteiger partial charge in [0, 0.05) is 5.56 Å². The molecule has 2 heterocycles. The van der Waals surface area contributed by atoms with Crippen molar-refractivity contribution in [2.45, 2.75) is 61.4 Å². The number of carbonyl (C=O) groups is 1. The molecule has 0 radical (unpaired) electrons. The zero-order chi connectivity index (χ0) is 31.0. The van der Waals surface area contributed by atoms with E-state index in [-0.39, 0.29) is 11.3 Å². The number of ether oxygens (including phenoxy) is 4. The third kappa shape index (κ3) is 5.62. The standard InChI is InChI=1S/C25H30O17/c26-5-9-13(30)17(34)19(36)24(39-9)41-22-15(32)11(12(29)7-1-3-8(28)4-2-7)16(33)23(21(22)38)42-25-20(37)18(35)14(31)10(6-27)40-25/h1-4,9-10,13-14,17-20,24-28,30-38H,5-6H2/t9-,10-,13-,14-,17+,18+,19-,20-,24+,25+/m1/s1. The van der Waals surface area contributed by atoms with Gasteiger partial charge in [0.1, 0.15) is 60.1 Å². The fourth-order valence-electron chi connectivity index (χ4n) is 4.42. The number of ketones is 1. The molecule has 0 amide bonds. The summed E-state index contributed by atoms with van der Waals surface area (Å²) in [5.74, 6) is -7.35. The number of aromatic hydroxyl groups is 4. The average molecular weight is 602 g/mol. The summed E-state index contributed by atoms with van der Waals surface area (Å²) in [7, 11) is 0. The predicted octanol–water partition coefficient (Wildman–Crippen LogP) is -3.90. The molecule has 17 nitrogen and oxygen atoms in total. The normalized spacial score (nSPS) is 33.2. The first-order chi connectivity index (χ1) is 19.8. The van der Waals surface area contributed by atoms with Gasteiger partial charge in [-0.1, -0.05) is 0 Å². The second-order valence-corrected chi connectivity index (χ2v) is 9.59. The van der Waals surface area contributed by atoms with Crippen molar-refractivity contribution in [3.63, 3.8) is 0 Å². The molecular weight excluding hydrogens is 572 g/mol. The Balaban J connectivity index is 1.82. The van der Waals surface area contributed by atoms with Gasteiger partial charge in [-0.15, -0.1) is 0 Å². The summed E-state index contributed by atoms with van der Waals surface area (Å²) < 4.78 is 21.1. The second-order valence-electron chi connectivity index (χ2n) is 9.59. The summed E-state index contributed by atoms with van der Waals surface area (Å²) in [6, 6.07) is 4.44. The van der Waals surface area contributed by atoms with Crippen LogP contribution < -0.4 is 9.47 Å². The van der Waals surface area contributed by atoms with Crippen LogP contribution in [0.5, 0.6) is 34.5 Å². The first kappa shape index (κ1) is 31.4. The third-order valence-electron chi connectivity index (χ3n) is 6.86. The molecule has 2 aromatic rings. The largest absolute Gasteiger partial charge is 0.508 e. The van der Waals surface area contributed by atoms with E-state index in [1.807, 2.05) is 0 Å². The summed E-state index contributed by atoms with van der Waals surface area (Å²) in [5, 5.41) is 122. The summed E-state index contributed by atoms with van der Waals surface area (Å²) in [5.41, 5.74) is -1.21. The van der Waals surface area contributed by atoms with Gasteiger partial charge in [-0.25, -0.2) is 0 Å². The molecule has 2 aliphatic heterocycles. The molecule has 4 rings (SSSR count). The van der Waals surface area contributed by atoms with Gasteiger partial charge in [-0.2, -0.15) is 0 Å². The highest BCUT2D eigenvalue weighted by atomic mass is 16.7. The zero-order valence-electron chi connectivity index (χ0n) is 21.4. The van der Waals surface area contributed by atoms with Crippen LogP contribution in [0.25, 0.3) is 0 Å². The monoisotopic (exact) mass is 602 g/mol. The molecule has 0 saturated carbocycles. The Morgan fingerprint density at radius 1 is 0.619 bits per heavy atom. The fourth-order valence-corrected chi connectivity index (χ4v) is 4.42. The fraction of sp³-hybridized carbons (Fsp3) is 0.480. The van der Waals surface area contributed by atoms with Crippen LogP contribution in [0.15, 0.2) is 24.3 Å². The van der Waals surface area contributed by atoms with E-state index in [4.69, 9.17) is 18.9 Å². The van der Waals surface area contributed by atoms with E-state index >= 15 is 0 Å². The Morgan fingerprint density at radius 3 is 1.40 bits per heavy atom. The number of phenols is 4. The van der Waals surface area contributed by atoms with E-state index in [9.17, 15) is 66.1 Å². The Morgan fingerprint density at radius 2 is 1.02 bits per heavy atom. The van der Waals surface area contributed by atoms with E-state index in [1.54, 1.807) is 0 Å². The topological polar surface area (TPSA) is 297 Å². The maximum absolute atomic E-state index is 13.3. The molecule has 0 aromatic heterocycles. The van der Waals surface area contributed by atoms with Crippen molar-refractivity contribution in [3.8, 4) is 34.5 Å². The molecule has 0 unspecified atom stereocenters. The van der Waals surface area contributed by atoms with Crippen molar-refractivity contribution < 1.29 is 85.0 Å². The average Bonchev–Trinajstić information content (AvgIpc) is 2.97. The van der Waals surface area contributed by atoms with E-state index in [2.05, 4.69) is 0 Å². The Bertz CT molecular complexity index is 1200. The van der Waals surface area contributed by atoms with E-state index in [1.165, 1.54) is 0 Å². The minimum Gasteiger partial charge on any atom is -0.508 e. The number of aliphatic hydroxyl groups is 8. The molecule has 0 aliphatic carbocycles. The zero-order valence-corrected chi connectivity index (χ0v) is 21.4. The second kappa shape index (κ2) is 12.4. The van der Waals surface area contributed by atoms with Gasteiger partial charge in [0.25, 0.3) is 0 Å². The summed E-state index contributed by atoms with van der Waals surface area (Å²) >= 11 is 0. The quantitative estimate of drug-likeness (QED) is 0.128. The number of phenolic OH excluding ortho intramolecular Hbond substituents is 4. The van der Waals surface area contributed by atoms with Crippen LogP contribution in [-0.2, 0) is 9.47 Å². The molecule has 0 spiro atoms. The molecule has 10 atom stereocenters. The Hall–Kier alpha value is -3.49. The van der Waals surface area contributed by atoms with Crippen molar-refractivity contribution in [2.75, 3.05) is 13.2 Å². The predicted molar refractivity (Wildman–Crippen MR) is 132 cm³/mol. The van der Waals surface area contributed by atoms with Crippen molar-refractivity contribution >= 4 is 5.78 Å². The lowest BCUT2D eigenvalue weighted by Crippen LogP contribution is -2.60. The van der Waals surface area contributed by atoms with Crippen LogP contribution in [0.1, 0.15) is 15.9 Å². The maximum atomic E-state index is 13.3. The molecule has 42 heavy (non-hydrogen) atoms. The highest BCUT2D eigenvalue weighted by Crippen LogP contribution is 2.54. The number of hydrogen-bond acceptors (Lipinski definition) is 17. The number of rotatable bonds is 8. The molecule has 2 saturated heterocycles. The van der Waals surface area contributed by atoms with E-state index in [0.717, 1.165) is 24.3 Å². The SMILES string of the molecule is O=C(c1ccc(O)cc1)c1c(O)c(O[C@@H]2O[C@H](CO)[C@@H](O)[C@H](O)[C@H]2O)c(O)c(O[C@@H]2O[C@H](CO)[C@@H](O)[C@H](O)[C@H]2O)c1O. The minimum absolute atomic E-state index is 0.221. The number of aliphatic hydroxyl groups excluding tert-OH is 8. The van der Waals surface area contributed by atoms with Crippen LogP contribution in [0, 0.1) is 0 Å². The number of hydrogen-bond donors (Lipinski definition) is 12. The highest BCUT2D eigenvalue weighted by Gasteiger charge is 2.48. The number of carbonyl (C=O) groups excluding carboxylic acids is 1. The van der Waals surface area contributed by atoms with Gasteiger partial charge in [0.05, 0.1) is 13.2 Å². The van der Waals surface area contributed by atoms with Crippen molar-refractivity contribution in [1.82, 2.24) is 0 Å². The molecule has 17 heteroatoms. The van der Waals surface area contributed by atoms with Crippen LogP contribution in [-0.4, -0.2) is 142 Å². The summed E-state index contributed by atoms with van der Waals surface area (Å²) in [6.45, 7) is -1.73. The smallest absolute Gasteiger partial charge is 0.229 e. The molecular formula is C25H30O17. The minimum atomic E-state index is -2.05. The van der Waals surface area contributed by atoms with Crippen LogP contribution in [0.3, 0.4) is 0 Å². The van der Waals surface area contributed by atoms with Gasteiger partial charge in [0.15, 0.2) is 11.5 Å². The molecule has 232 valence electrons. The lowest BCUT2D eigenvalue weighted by molar-refractivity contribution is -0.279. The Kier molecular flexibility index (Phi) is 9.28. The van der Waals surface area contributed by atoms with Gasteiger partial charge in [0.2, 0.25) is 35.6 Å². The van der Waals surface area contributed by atoms with Gasteiger partial charge in [-0.05, 0) is 24.3 Å². The van der Waals surface area contributed by atoms with Crippen LogP contribution in [0.4, 0.5) is 0 Å². The lowest BCUT2D eigenvalue weighted by atomic mass is 9.98. The summed E-state index contributed by atoms with van der Waals surface area (Å²) in [4.78, 5) is 13.3. The van der Waals surface area contributed by atoms with Gasteiger partial charge in [-0.3, -0.25) is 4.79 Å². The number of benzene rings is 2. The molecule has 2 aliphatic rings. The Labute approximate surface area is 235 Å². The van der Waals surface area contributed by atoms with Crippen molar-refractivity contribution in [1.29, 1.82) is 0 Å². The summed E-state index contributed by atoms with van der Waals surface area (Å²) in [6.07, 6.45) is -18.6. The van der Waals surface area contributed by atoms with E-state index in [0.29, 0.717) is 0 Å². The molecule has 2 aromatic carbocycles. The first-order valence-corrected chi connectivity index (χ1v) is 12.4. The third-order valence-corrected chi connectivity index (χ3v) is 6.86. The molecule has 2 fully saturated rings. The first-order valence-electron chi connectivity index (χ1n) is 12.4. The van der Waals surface area contributed by atoms with Crippen LogP contribution >= 0.6 is 0 Å².